The zero-order valence-corrected chi connectivity index (χ0v) is 22.0. The number of hydrogen-bond acceptors (Lipinski definition) is 6. The van der Waals surface area contributed by atoms with Gasteiger partial charge in [-0.3, -0.25) is 19.4 Å². The van der Waals surface area contributed by atoms with E-state index in [1.807, 2.05) is 55.5 Å². The predicted octanol–water partition coefficient (Wildman–Crippen LogP) is 4.56. The number of carbonyl (C=O) groups is 3. The molecule has 0 aromatic heterocycles. The maximum absolute atomic E-state index is 13.4. The minimum Gasteiger partial charge on any atom is -0.352 e. The van der Waals surface area contributed by atoms with Crippen LogP contribution in [-0.4, -0.2) is 45.4 Å². The minimum absolute atomic E-state index is 0.0580. The van der Waals surface area contributed by atoms with Gasteiger partial charge in [0.15, 0.2) is 5.17 Å². The van der Waals surface area contributed by atoms with Crippen molar-refractivity contribution >= 4 is 51.9 Å². The summed E-state index contributed by atoms with van der Waals surface area (Å²) >= 11 is 1.16. The van der Waals surface area contributed by atoms with Crippen molar-refractivity contribution in [1.82, 2.24) is 10.2 Å². The van der Waals surface area contributed by atoms with Gasteiger partial charge in [-0.15, -0.1) is 0 Å². The highest BCUT2D eigenvalue weighted by Crippen LogP contribution is 2.34. The van der Waals surface area contributed by atoms with Gasteiger partial charge in [0.1, 0.15) is 17.7 Å². The lowest BCUT2D eigenvalue weighted by atomic mass is 10.1. The first kappa shape index (κ1) is 26.3. The Morgan fingerprint density at radius 3 is 2.62 bits per heavy atom. The summed E-state index contributed by atoms with van der Waals surface area (Å²) in [5, 5.41) is 6.04. The third-order valence-electron chi connectivity index (χ3n) is 6.23. The average molecular weight is 544 g/mol. The molecule has 2 heterocycles. The van der Waals surface area contributed by atoms with E-state index in [2.05, 4.69) is 20.6 Å². The number of hydrogen-bond donors (Lipinski definition) is 2. The van der Waals surface area contributed by atoms with Crippen LogP contribution in [0.25, 0.3) is 0 Å². The number of carbonyl (C=O) groups excluding carboxylic acids is 3. The second-order valence-electron chi connectivity index (χ2n) is 9.20. The molecular weight excluding hydrogens is 517 g/mol. The van der Waals surface area contributed by atoms with Gasteiger partial charge in [-0.1, -0.05) is 48.2 Å². The van der Waals surface area contributed by atoms with Gasteiger partial charge in [0.2, 0.25) is 11.8 Å². The molecule has 0 bridgehead atoms. The molecule has 39 heavy (non-hydrogen) atoms. The Hall–Kier alpha value is -4.31. The molecule has 0 saturated heterocycles. The van der Waals surface area contributed by atoms with Gasteiger partial charge in [0.05, 0.1) is 11.4 Å². The lowest BCUT2D eigenvalue weighted by Gasteiger charge is -2.25. The van der Waals surface area contributed by atoms with Crippen LogP contribution in [0.1, 0.15) is 29.5 Å². The van der Waals surface area contributed by atoms with Crippen LogP contribution >= 0.6 is 11.8 Å². The first-order valence-electron chi connectivity index (χ1n) is 12.5. The zero-order valence-electron chi connectivity index (χ0n) is 21.2. The smallest absolute Gasteiger partial charge is 0.259 e. The number of amidine groups is 2. The van der Waals surface area contributed by atoms with Crippen molar-refractivity contribution in [2.24, 2.45) is 9.98 Å². The number of halogens is 1. The number of aryl methyl sites for hydroxylation is 1. The third-order valence-corrected chi connectivity index (χ3v) is 7.17. The van der Waals surface area contributed by atoms with Gasteiger partial charge in [-0.2, -0.15) is 0 Å². The molecule has 2 aliphatic heterocycles. The van der Waals surface area contributed by atoms with E-state index in [-0.39, 0.29) is 48.7 Å². The van der Waals surface area contributed by atoms with Crippen molar-refractivity contribution in [3.05, 3.63) is 95.3 Å². The van der Waals surface area contributed by atoms with E-state index in [0.717, 1.165) is 28.5 Å². The highest BCUT2D eigenvalue weighted by Gasteiger charge is 2.41. The lowest BCUT2D eigenvalue weighted by Crippen LogP contribution is -2.41. The average Bonchev–Trinajstić information content (AvgIpc) is 3.26. The summed E-state index contributed by atoms with van der Waals surface area (Å²) in [6, 6.07) is 20.1. The summed E-state index contributed by atoms with van der Waals surface area (Å²) in [5.74, 6) is -0.530. The van der Waals surface area contributed by atoms with E-state index >= 15 is 0 Å². The maximum Gasteiger partial charge on any atom is 0.259 e. The molecule has 1 atom stereocenters. The zero-order chi connectivity index (χ0) is 27.4. The van der Waals surface area contributed by atoms with E-state index in [1.54, 1.807) is 12.1 Å². The van der Waals surface area contributed by atoms with Gasteiger partial charge in [0, 0.05) is 24.2 Å². The monoisotopic (exact) mass is 543 g/mol. The number of fused-ring (bicyclic) bond motifs is 3. The third kappa shape index (κ3) is 6.23. The van der Waals surface area contributed by atoms with Crippen LogP contribution in [0.2, 0.25) is 0 Å². The van der Waals surface area contributed by atoms with Crippen LogP contribution in [-0.2, 0) is 20.9 Å². The van der Waals surface area contributed by atoms with E-state index in [9.17, 15) is 18.8 Å². The molecule has 0 fully saturated rings. The standard InChI is InChI=1S/C29H26FN5O3S/c1-18-5-4-6-21(15-18)32-26(37)17-39-29-34-23-8-3-2-7-22(23)27-33-24(28(38)35(27)29)13-14-25(36)31-16-19-9-11-20(30)12-10-19/h2-12,15,24H,13-14,16-17H2,1H3,(H,31,36)(H,32,37). The fourth-order valence-corrected chi connectivity index (χ4v) is 5.10. The quantitative estimate of drug-likeness (QED) is 0.435. The van der Waals surface area contributed by atoms with Gasteiger partial charge in [0.25, 0.3) is 5.91 Å². The summed E-state index contributed by atoms with van der Waals surface area (Å²) in [7, 11) is 0. The van der Waals surface area contributed by atoms with Gasteiger partial charge < -0.3 is 10.6 Å². The number of amides is 3. The molecule has 0 saturated carbocycles. The highest BCUT2D eigenvalue weighted by molar-refractivity contribution is 8.14. The first-order chi connectivity index (χ1) is 18.9. The molecule has 10 heteroatoms. The Morgan fingerprint density at radius 2 is 1.82 bits per heavy atom. The molecule has 3 amide bonds. The molecule has 2 N–H and O–H groups in total. The van der Waals surface area contributed by atoms with Crippen LogP contribution in [0.4, 0.5) is 15.8 Å². The highest BCUT2D eigenvalue weighted by atomic mass is 32.2. The molecule has 1 unspecified atom stereocenters. The molecule has 8 nitrogen and oxygen atoms in total. The molecule has 0 radical (unpaired) electrons. The number of nitrogens with one attached hydrogen (secondary N) is 2. The van der Waals surface area contributed by atoms with Crippen molar-refractivity contribution in [1.29, 1.82) is 0 Å². The van der Waals surface area contributed by atoms with E-state index in [0.29, 0.717) is 22.4 Å². The van der Waals surface area contributed by atoms with Crippen LogP contribution in [0, 0.1) is 12.7 Å². The SMILES string of the molecule is Cc1cccc(NC(=O)CSC2=Nc3ccccc3C3=NC(CCC(=O)NCc4ccc(F)cc4)C(=O)N23)c1. The predicted molar refractivity (Wildman–Crippen MR) is 150 cm³/mol. The Morgan fingerprint density at radius 1 is 1.03 bits per heavy atom. The topological polar surface area (TPSA) is 103 Å². The van der Waals surface area contributed by atoms with Crippen LogP contribution in [0.5, 0.6) is 0 Å². The van der Waals surface area contributed by atoms with Gasteiger partial charge >= 0.3 is 0 Å². The minimum atomic E-state index is -0.741. The Kier molecular flexibility index (Phi) is 7.83. The van der Waals surface area contributed by atoms with E-state index in [4.69, 9.17) is 0 Å². The van der Waals surface area contributed by atoms with Crippen molar-refractivity contribution in [2.75, 3.05) is 11.1 Å². The molecule has 198 valence electrons. The second kappa shape index (κ2) is 11.6. The van der Waals surface area contributed by atoms with E-state index < -0.39 is 6.04 Å². The number of anilines is 1. The van der Waals surface area contributed by atoms with Crippen molar-refractivity contribution < 1.29 is 18.8 Å². The number of nitrogens with zero attached hydrogens (tertiary/aromatic N) is 3. The van der Waals surface area contributed by atoms with Crippen LogP contribution < -0.4 is 10.6 Å². The first-order valence-corrected chi connectivity index (χ1v) is 13.5. The number of para-hydroxylation sites is 1. The second-order valence-corrected chi connectivity index (χ2v) is 10.1. The summed E-state index contributed by atoms with van der Waals surface area (Å²) in [6.45, 7) is 2.22. The molecule has 3 aromatic carbocycles. The number of benzene rings is 3. The largest absolute Gasteiger partial charge is 0.352 e. The Balaban J connectivity index is 1.23. The fourth-order valence-electron chi connectivity index (χ4n) is 4.30. The number of thioether (sulfide) groups is 1. The van der Waals surface area contributed by atoms with Crippen LogP contribution in [0.15, 0.2) is 82.8 Å². The molecular formula is C29H26FN5O3S. The number of aliphatic imine (C=N–C) groups is 2. The summed E-state index contributed by atoms with van der Waals surface area (Å²) in [5.41, 5.74) is 3.91. The Bertz CT molecular complexity index is 1490. The molecule has 0 aliphatic carbocycles. The van der Waals surface area contributed by atoms with Crippen LogP contribution in [0.3, 0.4) is 0 Å². The van der Waals surface area contributed by atoms with E-state index in [1.165, 1.54) is 17.0 Å². The normalized spacial score (nSPS) is 15.7. The van der Waals surface area contributed by atoms with Gasteiger partial charge in [-0.25, -0.2) is 14.3 Å². The fraction of sp³-hybridized carbons (Fsp3) is 0.207. The van der Waals surface area contributed by atoms with Crippen molar-refractivity contribution in [2.45, 2.75) is 32.4 Å². The lowest BCUT2D eigenvalue weighted by molar-refractivity contribution is -0.125. The molecule has 3 aromatic rings. The molecule has 5 rings (SSSR count). The van der Waals surface area contributed by atoms with Gasteiger partial charge in [-0.05, 0) is 60.9 Å². The summed E-state index contributed by atoms with van der Waals surface area (Å²) in [6.07, 6.45) is 0.324. The Labute approximate surface area is 229 Å². The van der Waals surface area contributed by atoms with Crippen molar-refractivity contribution in [3.8, 4) is 0 Å². The molecule has 0 spiro atoms. The maximum atomic E-state index is 13.4. The molecule has 2 aliphatic rings. The summed E-state index contributed by atoms with van der Waals surface area (Å²) in [4.78, 5) is 49.2. The van der Waals surface area contributed by atoms with Crippen molar-refractivity contribution in [3.63, 3.8) is 0 Å². The number of rotatable bonds is 8. The summed E-state index contributed by atoms with van der Waals surface area (Å²) < 4.78 is 13.1.